The Morgan fingerprint density at radius 3 is 2.35 bits per heavy atom. The number of nitrogens with one attached hydrogen (secondary N) is 2. The number of para-hydroxylation sites is 1. The normalized spacial score (nSPS) is 27.9. The molecule has 182 valence electrons. The highest BCUT2D eigenvalue weighted by molar-refractivity contribution is 5.96. The van der Waals surface area contributed by atoms with E-state index in [1.54, 1.807) is 19.2 Å². The van der Waals surface area contributed by atoms with Gasteiger partial charge in [0, 0.05) is 19.1 Å². The van der Waals surface area contributed by atoms with Gasteiger partial charge in [-0.25, -0.2) is 0 Å². The van der Waals surface area contributed by atoms with Crippen LogP contribution < -0.4 is 20.1 Å². The van der Waals surface area contributed by atoms with Gasteiger partial charge >= 0.3 is 0 Å². The molecule has 4 saturated carbocycles. The Kier molecular flexibility index (Phi) is 7.07. The first-order chi connectivity index (χ1) is 16.6. The van der Waals surface area contributed by atoms with Crippen LogP contribution in [0.25, 0.3) is 0 Å². The van der Waals surface area contributed by atoms with Gasteiger partial charge in [0.1, 0.15) is 24.2 Å². The molecule has 6 rings (SSSR count). The summed E-state index contributed by atoms with van der Waals surface area (Å²) < 4.78 is 11.1. The van der Waals surface area contributed by atoms with Gasteiger partial charge in [-0.3, -0.25) is 4.79 Å². The van der Waals surface area contributed by atoms with Crippen LogP contribution in [0, 0.1) is 23.7 Å². The monoisotopic (exact) mass is 464 g/mol. The fourth-order valence-corrected chi connectivity index (χ4v) is 6.58. The third kappa shape index (κ3) is 5.23. The third-order valence-electron chi connectivity index (χ3n) is 7.99. The molecule has 0 radical (unpaired) electrons. The van der Waals surface area contributed by atoms with Crippen LogP contribution in [0.15, 0.2) is 48.5 Å². The van der Waals surface area contributed by atoms with Gasteiger partial charge in [-0.1, -0.05) is 24.3 Å². The van der Waals surface area contributed by atoms with Crippen molar-refractivity contribution in [2.45, 2.75) is 50.8 Å². The maximum absolute atomic E-state index is 12.8. The number of aliphatic hydroxyl groups is 1. The highest BCUT2D eigenvalue weighted by Gasteiger charge is 2.47. The molecule has 2 aromatic carbocycles. The lowest BCUT2D eigenvalue weighted by Gasteiger charge is -2.54. The summed E-state index contributed by atoms with van der Waals surface area (Å²) >= 11 is 0. The molecule has 1 unspecified atom stereocenters. The van der Waals surface area contributed by atoms with Crippen molar-refractivity contribution in [2.24, 2.45) is 23.7 Å². The fourth-order valence-electron chi connectivity index (χ4n) is 6.58. The predicted molar refractivity (Wildman–Crippen MR) is 131 cm³/mol. The van der Waals surface area contributed by atoms with Gasteiger partial charge < -0.3 is 25.2 Å². The molecule has 0 aromatic heterocycles. The molecule has 2 aromatic rings. The van der Waals surface area contributed by atoms with Crippen molar-refractivity contribution in [2.75, 3.05) is 20.3 Å². The lowest BCUT2D eigenvalue weighted by Crippen LogP contribution is -2.55. The van der Waals surface area contributed by atoms with Crippen molar-refractivity contribution in [1.82, 2.24) is 10.6 Å². The summed E-state index contributed by atoms with van der Waals surface area (Å²) in [6.45, 7) is 1.09. The van der Waals surface area contributed by atoms with Gasteiger partial charge in [0.25, 0.3) is 5.91 Å². The second-order valence-electron chi connectivity index (χ2n) is 10.4. The van der Waals surface area contributed by atoms with Crippen LogP contribution in [0.3, 0.4) is 0 Å². The van der Waals surface area contributed by atoms with Crippen LogP contribution in [-0.2, 0) is 6.54 Å². The Bertz CT molecular complexity index is 949. The summed E-state index contributed by atoms with van der Waals surface area (Å²) in [4.78, 5) is 12.8. The van der Waals surface area contributed by atoms with Gasteiger partial charge in [-0.2, -0.15) is 0 Å². The van der Waals surface area contributed by atoms with Crippen LogP contribution >= 0.6 is 0 Å². The Morgan fingerprint density at radius 1 is 1.00 bits per heavy atom. The van der Waals surface area contributed by atoms with Gasteiger partial charge in [0.15, 0.2) is 0 Å². The van der Waals surface area contributed by atoms with Crippen LogP contribution in [0.1, 0.15) is 48.0 Å². The van der Waals surface area contributed by atoms with E-state index in [9.17, 15) is 9.90 Å². The Hall–Kier alpha value is -2.57. The van der Waals surface area contributed by atoms with Gasteiger partial charge in [-0.15, -0.1) is 0 Å². The zero-order valence-corrected chi connectivity index (χ0v) is 19.9. The van der Waals surface area contributed by atoms with E-state index in [-0.39, 0.29) is 12.5 Å². The SMILES string of the molecule is COc1ccc(CNC(=O)c2ccccc2OCC(O)CNC2C3CC4CC(C3)CC2C4)cc1. The van der Waals surface area contributed by atoms with E-state index < -0.39 is 6.10 Å². The maximum atomic E-state index is 12.8. The van der Waals surface area contributed by atoms with Crippen molar-refractivity contribution in [1.29, 1.82) is 0 Å². The zero-order chi connectivity index (χ0) is 23.5. The van der Waals surface area contributed by atoms with Crippen molar-refractivity contribution in [3.63, 3.8) is 0 Å². The van der Waals surface area contributed by atoms with E-state index in [1.807, 2.05) is 36.4 Å². The molecule has 6 heteroatoms. The second kappa shape index (κ2) is 10.4. The Labute approximate surface area is 202 Å². The van der Waals surface area contributed by atoms with E-state index >= 15 is 0 Å². The average Bonchev–Trinajstić information content (AvgIpc) is 2.85. The number of aliphatic hydroxyl groups excluding tert-OH is 1. The van der Waals surface area contributed by atoms with Crippen LogP contribution in [0.2, 0.25) is 0 Å². The van der Waals surface area contributed by atoms with Gasteiger partial charge in [0.05, 0.1) is 12.7 Å². The summed E-state index contributed by atoms with van der Waals surface area (Å²) in [7, 11) is 1.63. The van der Waals surface area contributed by atoms with Crippen molar-refractivity contribution in [3.05, 3.63) is 59.7 Å². The summed E-state index contributed by atoms with van der Waals surface area (Å²) in [5.74, 6) is 4.52. The number of benzene rings is 2. The molecule has 1 amide bonds. The molecular formula is C28H36N2O4. The van der Waals surface area contributed by atoms with E-state index in [4.69, 9.17) is 9.47 Å². The first-order valence-corrected chi connectivity index (χ1v) is 12.6. The number of hydrogen-bond acceptors (Lipinski definition) is 5. The molecule has 0 saturated heterocycles. The molecule has 0 aliphatic heterocycles. The molecule has 1 atom stereocenters. The van der Waals surface area contributed by atoms with Crippen molar-refractivity contribution < 1.29 is 19.4 Å². The largest absolute Gasteiger partial charge is 0.497 e. The van der Waals surface area contributed by atoms with E-state index in [1.165, 1.54) is 32.1 Å². The Balaban J connectivity index is 1.10. The number of methoxy groups -OCH3 is 1. The molecular weight excluding hydrogens is 428 g/mol. The summed E-state index contributed by atoms with van der Waals surface area (Å²) in [6.07, 6.45) is 6.26. The first kappa shape index (κ1) is 23.2. The van der Waals surface area contributed by atoms with Crippen LogP contribution in [0.5, 0.6) is 11.5 Å². The van der Waals surface area contributed by atoms with Crippen molar-refractivity contribution in [3.8, 4) is 11.5 Å². The van der Waals surface area contributed by atoms with Gasteiger partial charge in [0.2, 0.25) is 0 Å². The molecule has 3 N–H and O–H groups in total. The zero-order valence-electron chi connectivity index (χ0n) is 19.9. The van der Waals surface area contributed by atoms with Crippen LogP contribution in [-0.4, -0.2) is 43.4 Å². The molecule has 0 spiro atoms. The highest BCUT2D eigenvalue weighted by Crippen LogP contribution is 2.53. The molecule has 0 heterocycles. The molecule has 4 aliphatic rings. The lowest BCUT2D eigenvalue weighted by atomic mass is 9.54. The number of ether oxygens (including phenoxy) is 2. The Morgan fingerprint density at radius 2 is 1.68 bits per heavy atom. The van der Waals surface area contributed by atoms with E-state index in [2.05, 4.69) is 10.6 Å². The minimum Gasteiger partial charge on any atom is -0.497 e. The van der Waals surface area contributed by atoms with Crippen molar-refractivity contribution >= 4 is 5.91 Å². The molecule has 4 fully saturated rings. The number of hydrogen-bond donors (Lipinski definition) is 3. The van der Waals surface area contributed by atoms with E-state index in [0.717, 1.165) is 35.0 Å². The third-order valence-corrected chi connectivity index (χ3v) is 7.99. The molecule has 6 nitrogen and oxygen atoms in total. The summed E-state index contributed by atoms with van der Waals surface area (Å²) in [5, 5.41) is 17.2. The maximum Gasteiger partial charge on any atom is 0.255 e. The highest BCUT2D eigenvalue weighted by atomic mass is 16.5. The lowest BCUT2D eigenvalue weighted by molar-refractivity contribution is -0.0189. The fraction of sp³-hybridized carbons (Fsp3) is 0.536. The molecule has 4 aliphatic carbocycles. The first-order valence-electron chi connectivity index (χ1n) is 12.6. The molecule has 4 bridgehead atoms. The minimum atomic E-state index is -0.618. The molecule has 34 heavy (non-hydrogen) atoms. The second-order valence-corrected chi connectivity index (χ2v) is 10.4. The number of carbonyl (C=O) groups is 1. The van der Waals surface area contributed by atoms with Gasteiger partial charge in [-0.05, 0) is 85.6 Å². The standard InChI is InChI=1S/C28H36N2O4/c1-33-24-8-6-18(7-9-24)15-30-28(32)25-4-2-3-5-26(25)34-17-23(31)16-29-27-21-11-19-10-20(13-21)14-22(27)12-19/h2-9,19-23,27,29,31H,10-17H2,1H3,(H,30,32). The predicted octanol–water partition coefficient (Wildman–Crippen LogP) is 3.78. The number of carbonyl (C=O) groups excluding carboxylic acids is 1. The van der Waals surface area contributed by atoms with Crippen LogP contribution in [0.4, 0.5) is 0 Å². The smallest absolute Gasteiger partial charge is 0.255 e. The number of rotatable bonds is 10. The van der Waals surface area contributed by atoms with E-state index in [0.29, 0.717) is 30.4 Å². The minimum absolute atomic E-state index is 0.156. The summed E-state index contributed by atoms with van der Waals surface area (Å²) in [5.41, 5.74) is 1.45. The topological polar surface area (TPSA) is 79.8 Å². The quantitative estimate of drug-likeness (QED) is 0.499. The average molecular weight is 465 g/mol. The number of amides is 1. The summed E-state index contributed by atoms with van der Waals surface area (Å²) in [6, 6.07) is 15.3.